The predicted octanol–water partition coefficient (Wildman–Crippen LogP) is 3.97. The largest absolute Gasteiger partial charge is 0.482 e. The summed E-state index contributed by atoms with van der Waals surface area (Å²) >= 11 is 6.04. The topological polar surface area (TPSA) is 48.1 Å². The van der Waals surface area contributed by atoms with Crippen LogP contribution in [0.5, 0.6) is 5.75 Å². The van der Waals surface area contributed by atoms with E-state index in [9.17, 15) is 0 Å². The first-order valence-electron chi connectivity index (χ1n) is 6.74. The zero-order valence-electron chi connectivity index (χ0n) is 11.4. The smallest absolute Gasteiger partial charge is 0.146 e. The number of fused-ring (bicyclic) bond motifs is 1. The number of aromatic nitrogens is 1. The van der Waals surface area contributed by atoms with Crippen molar-refractivity contribution in [2.24, 2.45) is 5.73 Å². The first-order chi connectivity index (χ1) is 10.3. The average molecular weight is 299 g/mol. The summed E-state index contributed by atoms with van der Waals surface area (Å²) in [5, 5.41) is 1.71. The Kier molecular flexibility index (Phi) is 4.04. The highest BCUT2D eigenvalue weighted by Crippen LogP contribution is 2.28. The van der Waals surface area contributed by atoms with Crippen LogP contribution in [0.25, 0.3) is 10.9 Å². The standard InChI is InChI=1S/C17H15ClN2O/c18-14-7-1-5-13(10-14)16(11-19)21-15-8-2-4-12-6-3-9-20-17(12)15/h1-10,16H,11,19H2. The molecule has 3 aromatic rings. The average Bonchev–Trinajstić information content (AvgIpc) is 2.52. The van der Waals surface area contributed by atoms with Gasteiger partial charge in [0.2, 0.25) is 0 Å². The van der Waals surface area contributed by atoms with E-state index < -0.39 is 0 Å². The number of hydrogen-bond acceptors (Lipinski definition) is 3. The summed E-state index contributed by atoms with van der Waals surface area (Å²) in [6, 6.07) is 17.3. The highest BCUT2D eigenvalue weighted by atomic mass is 35.5. The molecule has 0 fully saturated rings. The molecule has 2 aromatic carbocycles. The van der Waals surface area contributed by atoms with Crippen LogP contribution in [-0.2, 0) is 0 Å². The Bertz CT molecular complexity index is 755. The summed E-state index contributed by atoms with van der Waals surface area (Å²) in [5.74, 6) is 0.725. The Morgan fingerprint density at radius 3 is 2.71 bits per heavy atom. The number of nitrogens with zero attached hydrogens (tertiary/aromatic N) is 1. The molecule has 1 atom stereocenters. The molecule has 0 spiro atoms. The number of hydrogen-bond donors (Lipinski definition) is 1. The van der Waals surface area contributed by atoms with Gasteiger partial charge in [-0.1, -0.05) is 41.9 Å². The summed E-state index contributed by atoms with van der Waals surface area (Å²) in [5.41, 5.74) is 7.65. The molecule has 0 radical (unpaired) electrons. The first-order valence-corrected chi connectivity index (χ1v) is 7.11. The number of halogens is 1. The van der Waals surface area contributed by atoms with Crippen LogP contribution in [0, 0.1) is 0 Å². The van der Waals surface area contributed by atoms with E-state index in [-0.39, 0.29) is 6.10 Å². The molecule has 0 aliphatic rings. The number of nitrogens with two attached hydrogens (primary N) is 1. The molecule has 106 valence electrons. The fourth-order valence-electron chi connectivity index (χ4n) is 2.28. The minimum Gasteiger partial charge on any atom is -0.482 e. The second-order valence-electron chi connectivity index (χ2n) is 4.73. The zero-order valence-corrected chi connectivity index (χ0v) is 12.1. The molecule has 3 rings (SSSR count). The van der Waals surface area contributed by atoms with Gasteiger partial charge in [0.15, 0.2) is 0 Å². The Balaban J connectivity index is 1.96. The van der Waals surface area contributed by atoms with E-state index in [4.69, 9.17) is 22.1 Å². The van der Waals surface area contributed by atoms with Gasteiger partial charge in [0.1, 0.15) is 17.4 Å². The van der Waals surface area contributed by atoms with E-state index in [0.29, 0.717) is 11.6 Å². The molecule has 2 N–H and O–H groups in total. The third-order valence-corrected chi connectivity index (χ3v) is 3.53. The van der Waals surface area contributed by atoms with Gasteiger partial charge in [0, 0.05) is 23.2 Å². The van der Waals surface area contributed by atoms with Crippen molar-refractivity contribution < 1.29 is 4.74 Å². The molecule has 21 heavy (non-hydrogen) atoms. The normalized spacial score (nSPS) is 12.3. The number of rotatable bonds is 4. The molecule has 1 aromatic heterocycles. The maximum absolute atomic E-state index is 6.07. The van der Waals surface area contributed by atoms with Gasteiger partial charge in [0.05, 0.1) is 0 Å². The SMILES string of the molecule is NCC(Oc1cccc2cccnc12)c1cccc(Cl)c1. The fraction of sp³-hybridized carbons (Fsp3) is 0.118. The molecular formula is C17H15ClN2O. The lowest BCUT2D eigenvalue weighted by Crippen LogP contribution is -2.18. The Labute approximate surface area is 128 Å². The number of para-hydroxylation sites is 1. The van der Waals surface area contributed by atoms with Crippen molar-refractivity contribution in [3.63, 3.8) is 0 Å². The van der Waals surface area contributed by atoms with Crippen LogP contribution in [0.15, 0.2) is 60.8 Å². The van der Waals surface area contributed by atoms with E-state index >= 15 is 0 Å². The molecule has 4 heteroatoms. The predicted molar refractivity (Wildman–Crippen MR) is 85.6 cm³/mol. The highest BCUT2D eigenvalue weighted by Gasteiger charge is 2.14. The minimum absolute atomic E-state index is 0.253. The zero-order chi connectivity index (χ0) is 14.7. The van der Waals surface area contributed by atoms with Crippen molar-refractivity contribution in [1.29, 1.82) is 0 Å². The van der Waals surface area contributed by atoms with Crippen molar-refractivity contribution in [2.75, 3.05) is 6.54 Å². The monoisotopic (exact) mass is 298 g/mol. The number of benzene rings is 2. The van der Waals surface area contributed by atoms with Gasteiger partial charge in [-0.2, -0.15) is 0 Å². The Morgan fingerprint density at radius 2 is 1.90 bits per heavy atom. The summed E-state index contributed by atoms with van der Waals surface area (Å²) in [7, 11) is 0. The Morgan fingerprint density at radius 1 is 1.10 bits per heavy atom. The molecule has 3 nitrogen and oxygen atoms in total. The van der Waals surface area contributed by atoms with Gasteiger partial charge in [-0.3, -0.25) is 4.98 Å². The third-order valence-electron chi connectivity index (χ3n) is 3.30. The summed E-state index contributed by atoms with van der Waals surface area (Å²) in [6.07, 6.45) is 1.50. The lowest BCUT2D eigenvalue weighted by Gasteiger charge is -2.19. The van der Waals surface area contributed by atoms with Crippen molar-refractivity contribution >= 4 is 22.5 Å². The quantitative estimate of drug-likeness (QED) is 0.793. The molecule has 0 bridgehead atoms. The highest BCUT2D eigenvalue weighted by molar-refractivity contribution is 6.30. The van der Waals surface area contributed by atoms with E-state index in [0.717, 1.165) is 22.2 Å². The maximum Gasteiger partial charge on any atom is 0.146 e. The van der Waals surface area contributed by atoms with Gasteiger partial charge >= 0.3 is 0 Å². The van der Waals surface area contributed by atoms with Gasteiger partial charge in [-0.05, 0) is 29.8 Å². The Hall–Kier alpha value is -2.10. The van der Waals surface area contributed by atoms with Crippen LogP contribution < -0.4 is 10.5 Å². The van der Waals surface area contributed by atoms with Crippen molar-refractivity contribution in [1.82, 2.24) is 4.98 Å². The minimum atomic E-state index is -0.253. The maximum atomic E-state index is 6.07. The van der Waals surface area contributed by atoms with Gasteiger partial charge in [-0.25, -0.2) is 0 Å². The molecule has 1 heterocycles. The summed E-state index contributed by atoms with van der Waals surface area (Å²) in [4.78, 5) is 4.39. The van der Waals surface area contributed by atoms with Crippen LogP contribution in [0.1, 0.15) is 11.7 Å². The molecule has 0 saturated carbocycles. The molecular weight excluding hydrogens is 284 g/mol. The van der Waals surface area contributed by atoms with E-state index in [1.54, 1.807) is 6.20 Å². The molecule has 0 saturated heterocycles. The third kappa shape index (κ3) is 2.99. The van der Waals surface area contributed by atoms with E-state index in [1.807, 2.05) is 54.6 Å². The first kappa shape index (κ1) is 13.9. The molecule has 0 aliphatic heterocycles. The molecule has 0 aliphatic carbocycles. The van der Waals surface area contributed by atoms with Crippen molar-refractivity contribution in [2.45, 2.75) is 6.10 Å². The lowest BCUT2D eigenvalue weighted by molar-refractivity contribution is 0.216. The van der Waals surface area contributed by atoms with Gasteiger partial charge in [-0.15, -0.1) is 0 Å². The molecule has 1 unspecified atom stereocenters. The van der Waals surface area contributed by atoms with Crippen LogP contribution in [0.3, 0.4) is 0 Å². The van der Waals surface area contributed by atoms with Gasteiger partial charge in [0.25, 0.3) is 0 Å². The summed E-state index contributed by atoms with van der Waals surface area (Å²) in [6.45, 7) is 0.365. The molecule has 0 amide bonds. The number of ether oxygens (including phenoxy) is 1. The number of pyridine rings is 1. The fourth-order valence-corrected chi connectivity index (χ4v) is 2.48. The van der Waals surface area contributed by atoms with Crippen molar-refractivity contribution in [3.05, 3.63) is 71.4 Å². The summed E-state index contributed by atoms with van der Waals surface area (Å²) < 4.78 is 6.07. The lowest BCUT2D eigenvalue weighted by atomic mass is 10.1. The second-order valence-corrected chi connectivity index (χ2v) is 5.16. The van der Waals surface area contributed by atoms with Crippen LogP contribution in [0.2, 0.25) is 5.02 Å². The van der Waals surface area contributed by atoms with Crippen LogP contribution in [0.4, 0.5) is 0 Å². The van der Waals surface area contributed by atoms with E-state index in [1.165, 1.54) is 0 Å². The van der Waals surface area contributed by atoms with Gasteiger partial charge < -0.3 is 10.5 Å². The second kappa shape index (κ2) is 6.12. The van der Waals surface area contributed by atoms with Crippen LogP contribution in [-0.4, -0.2) is 11.5 Å². The van der Waals surface area contributed by atoms with Crippen LogP contribution >= 0.6 is 11.6 Å². The van der Waals surface area contributed by atoms with Crippen molar-refractivity contribution in [3.8, 4) is 5.75 Å². The van der Waals surface area contributed by atoms with E-state index in [2.05, 4.69) is 4.98 Å².